The highest BCUT2D eigenvalue weighted by Crippen LogP contribution is 2.29. The van der Waals surface area contributed by atoms with Gasteiger partial charge in [0.05, 0.1) is 6.04 Å². The predicted octanol–water partition coefficient (Wildman–Crippen LogP) is 5.48. The summed E-state index contributed by atoms with van der Waals surface area (Å²) in [5, 5.41) is 9.57. The summed E-state index contributed by atoms with van der Waals surface area (Å²) in [5.41, 5.74) is 3.10. The van der Waals surface area contributed by atoms with Crippen LogP contribution in [0.25, 0.3) is 11.0 Å². The zero-order chi connectivity index (χ0) is 22.5. The number of para-hydroxylation sites is 2. The molecular formula is C26H25N3O3. The Morgan fingerprint density at radius 3 is 2.12 bits per heavy atom. The SMILES string of the molecule is Cc1c([C@H](C)NC(=O)N[C@H](C(=O)Nc2ccccc2)c2ccccc2)oc2ccccc12. The second-order valence-electron chi connectivity index (χ2n) is 7.63. The molecule has 4 aromatic rings. The van der Waals surface area contributed by atoms with Gasteiger partial charge in [-0.2, -0.15) is 0 Å². The topological polar surface area (TPSA) is 83.4 Å². The number of urea groups is 1. The van der Waals surface area contributed by atoms with Crippen molar-refractivity contribution in [3.8, 4) is 0 Å². The van der Waals surface area contributed by atoms with Gasteiger partial charge < -0.3 is 20.4 Å². The van der Waals surface area contributed by atoms with Gasteiger partial charge in [0.1, 0.15) is 17.4 Å². The van der Waals surface area contributed by atoms with Crippen LogP contribution in [-0.2, 0) is 4.79 Å². The number of anilines is 1. The molecule has 4 rings (SSSR count). The Balaban J connectivity index is 1.50. The molecule has 3 amide bonds. The molecule has 162 valence electrons. The number of carbonyl (C=O) groups is 2. The van der Waals surface area contributed by atoms with Crippen molar-refractivity contribution in [2.24, 2.45) is 0 Å². The van der Waals surface area contributed by atoms with Crippen LogP contribution in [-0.4, -0.2) is 11.9 Å². The molecule has 0 saturated carbocycles. The van der Waals surface area contributed by atoms with Crippen molar-refractivity contribution in [1.29, 1.82) is 0 Å². The van der Waals surface area contributed by atoms with Crippen LogP contribution in [0.3, 0.4) is 0 Å². The number of fused-ring (bicyclic) bond motifs is 1. The molecule has 0 aliphatic rings. The van der Waals surface area contributed by atoms with Gasteiger partial charge in [-0.25, -0.2) is 4.79 Å². The van der Waals surface area contributed by atoms with Crippen molar-refractivity contribution in [2.45, 2.75) is 25.9 Å². The van der Waals surface area contributed by atoms with E-state index in [1.54, 1.807) is 12.1 Å². The molecule has 32 heavy (non-hydrogen) atoms. The van der Waals surface area contributed by atoms with Crippen LogP contribution in [0.5, 0.6) is 0 Å². The van der Waals surface area contributed by atoms with E-state index in [4.69, 9.17) is 4.42 Å². The van der Waals surface area contributed by atoms with E-state index in [9.17, 15) is 9.59 Å². The molecule has 0 aliphatic carbocycles. The van der Waals surface area contributed by atoms with Crippen molar-refractivity contribution in [1.82, 2.24) is 10.6 Å². The van der Waals surface area contributed by atoms with Crippen molar-refractivity contribution in [2.75, 3.05) is 5.32 Å². The maximum absolute atomic E-state index is 13.0. The third kappa shape index (κ3) is 4.64. The molecular weight excluding hydrogens is 402 g/mol. The molecule has 0 spiro atoms. The first-order chi connectivity index (χ1) is 15.5. The summed E-state index contributed by atoms with van der Waals surface area (Å²) in [7, 11) is 0. The number of rotatable bonds is 6. The fourth-order valence-electron chi connectivity index (χ4n) is 3.72. The molecule has 0 bridgehead atoms. The quantitative estimate of drug-likeness (QED) is 0.381. The Morgan fingerprint density at radius 2 is 1.44 bits per heavy atom. The van der Waals surface area contributed by atoms with Crippen LogP contribution in [0.2, 0.25) is 0 Å². The minimum atomic E-state index is -0.861. The summed E-state index contributed by atoms with van der Waals surface area (Å²) in [4.78, 5) is 25.9. The highest BCUT2D eigenvalue weighted by atomic mass is 16.3. The largest absolute Gasteiger partial charge is 0.459 e. The molecule has 2 atom stereocenters. The molecule has 6 heteroatoms. The summed E-state index contributed by atoms with van der Waals surface area (Å²) in [6.45, 7) is 3.82. The fourth-order valence-corrected chi connectivity index (χ4v) is 3.72. The zero-order valence-electron chi connectivity index (χ0n) is 18.0. The number of benzene rings is 3. The van der Waals surface area contributed by atoms with E-state index in [1.165, 1.54) is 0 Å². The van der Waals surface area contributed by atoms with E-state index < -0.39 is 12.1 Å². The molecule has 1 heterocycles. The van der Waals surface area contributed by atoms with Gasteiger partial charge in [-0.05, 0) is 37.6 Å². The number of aryl methyl sites for hydroxylation is 1. The first-order valence-corrected chi connectivity index (χ1v) is 10.5. The van der Waals surface area contributed by atoms with Gasteiger partial charge >= 0.3 is 6.03 Å². The standard InChI is InChI=1S/C26H25N3O3/c1-17-21-15-9-10-16-22(21)32-24(17)18(2)27-26(31)29-23(19-11-5-3-6-12-19)25(30)28-20-13-7-4-8-14-20/h3-16,18,23H,1-2H3,(H,28,30)(H2,27,29,31)/t18-,23-/m0/s1. The maximum Gasteiger partial charge on any atom is 0.316 e. The van der Waals surface area contributed by atoms with Gasteiger partial charge in [0.15, 0.2) is 0 Å². The van der Waals surface area contributed by atoms with Gasteiger partial charge in [0.2, 0.25) is 0 Å². The van der Waals surface area contributed by atoms with Crippen LogP contribution in [0, 0.1) is 6.92 Å². The third-order valence-electron chi connectivity index (χ3n) is 5.33. The van der Waals surface area contributed by atoms with E-state index >= 15 is 0 Å². The average Bonchev–Trinajstić information content (AvgIpc) is 3.15. The Morgan fingerprint density at radius 1 is 0.812 bits per heavy atom. The fraction of sp³-hybridized carbons (Fsp3) is 0.154. The lowest BCUT2D eigenvalue weighted by Gasteiger charge is -2.21. The van der Waals surface area contributed by atoms with Gasteiger partial charge in [-0.3, -0.25) is 4.79 Å². The lowest BCUT2D eigenvalue weighted by atomic mass is 10.1. The molecule has 3 N–H and O–H groups in total. The van der Waals surface area contributed by atoms with Gasteiger partial charge in [0, 0.05) is 16.6 Å². The first-order valence-electron chi connectivity index (χ1n) is 10.5. The van der Waals surface area contributed by atoms with Crippen LogP contribution in [0.1, 0.15) is 35.9 Å². The Kier molecular flexibility index (Phi) is 6.22. The van der Waals surface area contributed by atoms with Crippen LogP contribution >= 0.6 is 0 Å². The molecule has 0 saturated heterocycles. The van der Waals surface area contributed by atoms with Gasteiger partial charge in [0.25, 0.3) is 5.91 Å². The summed E-state index contributed by atoms with van der Waals surface area (Å²) in [5.74, 6) is 0.358. The van der Waals surface area contributed by atoms with E-state index in [0.717, 1.165) is 16.5 Å². The van der Waals surface area contributed by atoms with E-state index in [1.807, 2.05) is 86.6 Å². The van der Waals surface area contributed by atoms with Gasteiger partial charge in [-0.1, -0.05) is 66.7 Å². The summed E-state index contributed by atoms with van der Waals surface area (Å²) in [6, 6.07) is 24.3. The number of furan rings is 1. The maximum atomic E-state index is 13.0. The van der Waals surface area contributed by atoms with Crippen molar-refractivity contribution in [3.05, 3.63) is 102 Å². The van der Waals surface area contributed by atoms with Crippen molar-refractivity contribution < 1.29 is 14.0 Å². The smallest absolute Gasteiger partial charge is 0.316 e. The molecule has 0 aliphatic heterocycles. The van der Waals surface area contributed by atoms with Crippen molar-refractivity contribution in [3.63, 3.8) is 0 Å². The third-order valence-corrected chi connectivity index (χ3v) is 5.33. The van der Waals surface area contributed by atoms with Crippen LogP contribution in [0.15, 0.2) is 89.3 Å². The predicted molar refractivity (Wildman–Crippen MR) is 125 cm³/mol. The number of carbonyl (C=O) groups excluding carboxylic acids is 2. The molecule has 6 nitrogen and oxygen atoms in total. The number of amides is 3. The van der Waals surface area contributed by atoms with Gasteiger partial charge in [-0.15, -0.1) is 0 Å². The second-order valence-corrected chi connectivity index (χ2v) is 7.63. The van der Waals surface area contributed by atoms with E-state index in [0.29, 0.717) is 17.0 Å². The zero-order valence-corrected chi connectivity index (χ0v) is 18.0. The van der Waals surface area contributed by atoms with E-state index in [-0.39, 0.29) is 11.9 Å². The lowest BCUT2D eigenvalue weighted by Crippen LogP contribution is -2.43. The number of hydrogen-bond donors (Lipinski definition) is 3. The highest BCUT2D eigenvalue weighted by Gasteiger charge is 2.25. The minimum Gasteiger partial charge on any atom is -0.459 e. The Labute approximate surface area is 186 Å². The summed E-state index contributed by atoms with van der Waals surface area (Å²) < 4.78 is 5.96. The van der Waals surface area contributed by atoms with E-state index in [2.05, 4.69) is 16.0 Å². The molecule has 1 aromatic heterocycles. The molecule has 3 aromatic carbocycles. The minimum absolute atomic E-state index is 0.329. The lowest BCUT2D eigenvalue weighted by molar-refractivity contribution is -0.118. The molecule has 0 fully saturated rings. The molecule has 0 unspecified atom stereocenters. The number of nitrogens with one attached hydrogen (secondary N) is 3. The first kappa shape index (κ1) is 21.2. The normalized spacial score (nSPS) is 12.7. The number of hydrogen-bond acceptors (Lipinski definition) is 3. The highest BCUT2D eigenvalue weighted by molar-refractivity contribution is 5.97. The molecule has 0 radical (unpaired) electrons. The summed E-state index contributed by atoms with van der Waals surface area (Å²) in [6.07, 6.45) is 0. The van der Waals surface area contributed by atoms with Crippen LogP contribution < -0.4 is 16.0 Å². The van der Waals surface area contributed by atoms with Crippen molar-refractivity contribution >= 4 is 28.6 Å². The van der Waals surface area contributed by atoms with Crippen LogP contribution in [0.4, 0.5) is 10.5 Å². The average molecular weight is 428 g/mol. The summed E-state index contributed by atoms with van der Waals surface area (Å²) >= 11 is 0. The Hall–Kier alpha value is -4.06. The Bertz CT molecular complexity index is 1220. The second kappa shape index (κ2) is 9.39. The monoisotopic (exact) mass is 427 g/mol.